The van der Waals surface area contributed by atoms with Crippen LogP contribution < -0.4 is 15.5 Å². The van der Waals surface area contributed by atoms with Gasteiger partial charge in [0.1, 0.15) is 0 Å². The summed E-state index contributed by atoms with van der Waals surface area (Å²) in [5.41, 5.74) is 0.666. The maximum Gasteiger partial charge on any atom is 0.335 e. The van der Waals surface area contributed by atoms with Gasteiger partial charge >= 0.3 is 5.97 Å². The summed E-state index contributed by atoms with van der Waals surface area (Å²) in [5, 5.41) is 21.3. The van der Waals surface area contributed by atoms with Gasteiger partial charge < -0.3 is 10.2 Å². The van der Waals surface area contributed by atoms with Crippen LogP contribution >= 0.6 is 11.3 Å². The van der Waals surface area contributed by atoms with E-state index in [-0.39, 0.29) is 11.4 Å². The minimum absolute atomic E-state index is 0.0782. The van der Waals surface area contributed by atoms with Crippen LogP contribution in [0.2, 0.25) is 0 Å². The number of hydrogen-bond acceptors (Lipinski definition) is 6. The van der Waals surface area contributed by atoms with Gasteiger partial charge in [-0.2, -0.15) is 0 Å². The van der Waals surface area contributed by atoms with E-state index in [4.69, 9.17) is 5.11 Å². The summed E-state index contributed by atoms with van der Waals surface area (Å²) in [6.45, 7) is 2.41. The van der Waals surface area contributed by atoms with Crippen molar-refractivity contribution in [1.82, 2.24) is 4.57 Å². The van der Waals surface area contributed by atoms with Gasteiger partial charge in [0.15, 0.2) is 10.6 Å². The molecule has 1 aliphatic rings. The molecule has 140 valence electrons. The Bertz CT molecular complexity index is 1260. The van der Waals surface area contributed by atoms with Crippen molar-refractivity contribution < 1.29 is 15.0 Å². The Balaban J connectivity index is 1.79. The average molecular weight is 392 g/mol. The van der Waals surface area contributed by atoms with Crippen molar-refractivity contribution in [3.05, 3.63) is 80.3 Å². The van der Waals surface area contributed by atoms with E-state index in [0.29, 0.717) is 27.7 Å². The summed E-state index contributed by atoms with van der Waals surface area (Å²) >= 11 is 1.29. The Kier molecular flexibility index (Phi) is 4.62. The van der Waals surface area contributed by atoms with Gasteiger partial charge in [-0.15, -0.1) is 0 Å². The van der Waals surface area contributed by atoms with E-state index in [0.717, 1.165) is 10.7 Å². The van der Waals surface area contributed by atoms with Crippen LogP contribution in [0, 0.1) is 0 Å². The number of carboxylic acid groups (broad SMARTS) is 1. The smallest absolute Gasteiger partial charge is 0.335 e. The van der Waals surface area contributed by atoms with Crippen LogP contribution in [-0.4, -0.2) is 20.7 Å². The highest BCUT2D eigenvalue weighted by atomic mass is 32.1. The van der Waals surface area contributed by atoms with E-state index in [2.05, 4.69) is 15.0 Å². The predicted octanol–water partition coefficient (Wildman–Crippen LogP) is 2.46. The third-order valence-corrected chi connectivity index (χ3v) is 5.17. The molecule has 0 spiro atoms. The molecule has 0 aliphatic carbocycles. The first-order chi connectivity index (χ1) is 13.5. The first kappa shape index (κ1) is 17.9. The molecule has 0 radical (unpaired) electrons. The highest BCUT2D eigenvalue weighted by Crippen LogP contribution is 2.25. The van der Waals surface area contributed by atoms with Crippen molar-refractivity contribution in [2.75, 3.05) is 0 Å². The number of carbonyl (C=O) groups is 1. The molecule has 1 aliphatic heterocycles. The largest absolute Gasteiger partial charge is 0.493 e. The molecule has 0 unspecified atom stereocenters. The van der Waals surface area contributed by atoms with Crippen LogP contribution in [0.3, 0.4) is 0 Å². The Hall–Kier alpha value is -3.52. The number of benzene rings is 2. The molecule has 0 saturated carbocycles. The lowest BCUT2D eigenvalue weighted by molar-refractivity contribution is 0.0697. The lowest BCUT2D eigenvalue weighted by Gasteiger charge is -2.00. The second-order valence-corrected chi connectivity index (χ2v) is 7.01. The van der Waals surface area contributed by atoms with E-state index >= 15 is 0 Å². The minimum Gasteiger partial charge on any atom is -0.493 e. The summed E-state index contributed by atoms with van der Waals surface area (Å²) in [4.78, 5) is 25.7. The third kappa shape index (κ3) is 3.37. The van der Waals surface area contributed by atoms with Crippen molar-refractivity contribution in [3.8, 4) is 5.88 Å². The maximum absolute atomic E-state index is 11.2. The van der Waals surface area contributed by atoms with Crippen LogP contribution in [0.15, 0.2) is 69.3 Å². The summed E-state index contributed by atoms with van der Waals surface area (Å²) in [5.74, 6) is -0.418. The molecule has 0 bridgehead atoms. The monoisotopic (exact) mass is 392 g/mol. The molecule has 2 aromatic carbocycles. The fraction of sp³-hybridized carbons (Fsp3) is 0.100. The lowest BCUT2D eigenvalue weighted by atomic mass is 10.2. The number of thiazole rings is 1. The standard InChI is InChI=1S/C20H16N4O3S/c1-2-24-18(25)16(11-17-22-14-8-3-4-9-15(14)23-17)28-20(24)21-13-7-5-6-12(10-13)19(26)27/h3-11,25H,2H2,1H3,(H,26,27). The average Bonchev–Trinajstić information content (AvgIpc) is 3.22. The molecule has 0 atom stereocenters. The van der Waals surface area contributed by atoms with E-state index in [1.807, 2.05) is 31.2 Å². The number of hydrogen-bond donors (Lipinski definition) is 2. The van der Waals surface area contributed by atoms with E-state index in [9.17, 15) is 9.90 Å². The zero-order chi connectivity index (χ0) is 19.7. The lowest BCUT2D eigenvalue weighted by Crippen LogP contribution is -2.19. The fourth-order valence-corrected chi connectivity index (χ4v) is 3.85. The number of aromatic hydroxyl groups is 1. The van der Waals surface area contributed by atoms with Crippen molar-refractivity contribution in [2.45, 2.75) is 13.5 Å². The van der Waals surface area contributed by atoms with Gasteiger partial charge in [0, 0.05) is 12.6 Å². The molecule has 0 fully saturated rings. The maximum atomic E-state index is 11.2. The topological polar surface area (TPSA) is 99.5 Å². The summed E-state index contributed by atoms with van der Waals surface area (Å²) in [6, 6.07) is 13.9. The van der Waals surface area contributed by atoms with Crippen molar-refractivity contribution in [2.24, 2.45) is 15.0 Å². The molecule has 7 nitrogen and oxygen atoms in total. The number of fused-ring (bicyclic) bond motifs is 1. The Labute approximate surface area is 163 Å². The Morgan fingerprint density at radius 1 is 1.18 bits per heavy atom. The molecule has 0 amide bonds. The van der Waals surface area contributed by atoms with Gasteiger partial charge in [-0.3, -0.25) is 4.57 Å². The molecule has 3 aromatic rings. The van der Waals surface area contributed by atoms with Crippen LogP contribution in [0.5, 0.6) is 5.88 Å². The quantitative estimate of drug-likeness (QED) is 0.713. The minimum atomic E-state index is -1.01. The number of aromatic nitrogens is 1. The summed E-state index contributed by atoms with van der Waals surface area (Å²) in [6.07, 6.45) is 1.72. The van der Waals surface area contributed by atoms with E-state index in [1.54, 1.807) is 22.8 Å². The van der Waals surface area contributed by atoms with Crippen molar-refractivity contribution >= 4 is 29.1 Å². The first-order valence-corrected chi connectivity index (χ1v) is 9.41. The normalized spacial score (nSPS) is 13.0. The SMILES string of the molecule is CCn1c(O)c(C=C2N=c3ccccc3=N2)sc1=Nc1cccc(C(=O)O)c1. The van der Waals surface area contributed by atoms with Crippen LogP contribution in [0.25, 0.3) is 6.08 Å². The molecular formula is C20H16N4O3S. The highest BCUT2D eigenvalue weighted by Gasteiger charge is 2.12. The van der Waals surface area contributed by atoms with Crippen LogP contribution in [0.4, 0.5) is 5.69 Å². The zero-order valence-corrected chi connectivity index (χ0v) is 15.7. The molecule has 8 heteroatoms. The summed E-state index contributed by atoms with van der Waals surface area (Å²) < 4.78 is 1.66. The predicted molar refractivity (Wildman–Crippen MR) is 105 cm³/mol. The van der Waals surface area contributed by atoms with Gasteiger partial charge in [0.25, 0.3) is 0 Å². The van der Waals surface area contributed by atoms with Gasteiger partial charge in [0.2, 0.25) is 5.88 Å². The van der Waals surface area contributed by atoms with Gasteiger partial charge in [-0.25, -0.2) is 19.8 Å². The Morgan fingerprint density at radius 3 is 2.54 bits per heavy atom. The number of aromatic carboxylic acids is 1. The molecule has 4 rings (SSSR count). The second-order valence-electron chi connectivity index (χ2n) is 6.00. The molecular weight excluding hydrogens is 376 g/mol. The number of rotatable bonds is 4. The van der Waals surface area contributed by atoms with E-state index < -0.39 is 5.97 Å². The van der Waals surface area contributed by atoms with Gasteiger partial charge in [-0.1, -0.05) is 29.5 Å². The van der Waals surface area contributed by atoms with Gasteiger partial charge in [-0.05, 0) is 37.3 Å². The molecule has 0 saturated heterocycles. The van der Waals surface area contributed by atoms with Crippen molar-refractivity contribution in [3.63, 3.8) is 0 Å². The molecule has 28 heavy (non-hydrogen) atoms. The molecule has 2 heterocycles. The Morgan fingerprint density at radius 2 is 1.89 bits per heavy atom. The third-order valence-electron chi connectivity index (χ3n) is 4.15. The number of para-hydroxylation sites is 2. The van der Waals surface area contributed by atoms with Crippen molar-refractivity contribution in [1.29, 1.82) is 0 Å². The fourth-order valence-electron chi connectivity index (χ4n) is 2.81. The second kappa shape index (κ2) is 7.24. The molecule has 2 N–H and O–H groups in total. The number of carboxylic acids is 1. The molecule has 1 aromatic heterocycles. The van der Waals surface area contributed by atoms with E-state index in [1.165, 1.54) is 23.5 Å². The van der Waals surface area contributed by atoms with Crippen LogP contribution in [-0.2, 0) is 6.54 Å². The summed E-state index contributed by atoms with van der Waals surface area (Å²) in [7, 11) is 0. The van der Waals surface area contributed by atoms with Gasteiger partial charge in [0.05, 0.1) is 26.8 Å². The number of nitrogens with zero attached hydrogens (tertiary/aromatic N) is 4. The zero-order valence-electron chi connectivity index (χ0n) is 14.9. The first-order valence-electron chi connectivity index (χ1n) is 8.60. The van der Waals surface area contributed by atoms with Crippen LogP contribution in [0.1, 0.15) is 22.2 Å². The highest BCUT2D eigenvalue weighted by molar-refractivity contribution is 7.10.